The summed E-state index contributed by atoms with van der Waals surface area (Å²) in [5.74, 6) is 0. The maximum absolute atomic E-state index is 9.67. The van der Waals surface area contributed by atoms with Gasteiger partial charge in [0.25, 0.3) is 0 Å². The number of aryl methyl sites for hydroxylation is 1. The number of hydrogen-bond acceptors (Lipinski definition) is 4. The third-order valence-corrected chi connectivity index (χ3v) is 3.84. The van der Waals surface area contributed by atoms with Crippen LogP contribution in [0, 0.1) is 5.41 Å². The van der Waals surface area contributed by atoms with Crippen molar-refractivity contribution >= 4 is 0 Å². The molecule has 0 saturated carbocycles. The molecule has 0 unspecified atom stereocenters. The van der Waals surface area contributed by atoms with Crippen LogP contribution >= 0.6 is 0 Å². The second-order valence-electron chi connectivity index (χ2n) is 5.44. The fraction of sp³-hybridized carbons (Fsp3) is 0.769. The summed E-state index contributed by atoms with van der Waals surface area (Å²) in [6.45, 7) is 3.53. The minimum Gasteiger partial charge on any atom is -0.396 e. The van der Waals surface area contributed by atoms with Crippen molar-refractivity contribution in [3.05, 3.63) is 18.2 Å². The molecule has 0 aliphatic carbocycles. The molecule has 1 aromatic heterocycles. The predicted octanol–water partition coefficient (Wildman–Crippen LogP) is 0.641. The number of ether oxygens (including phenoxy) is 1. The third-order valence-electron chi connectivity index (χ3n) is 3.84. The zero-order valence-corrected chi connectivity index (χ0v) is 11.3. The highest BCUT2D eigenvalue weighted by Gasteiger charge is 2.33. The average molecular weight is 253 g/mol. The SMILES string of the molecule is CN(Cc1cncn1C)CC1(CO)CCOCC1. The van der Waals surface area contributed by atoms with Crippen LogP contribution in [0.2, 0.25) is 0 Å². The first-order chi connectivity index (χ1) is 8.65. The number of hydrogen-bond donors (Lipinski definition) is 1. The van der Waals surface area contributed by atoms with Gasteiger partial charge in [0, 0.05) is 45.0 Å². The van der Waals surface area contributed by atoms with Crippen molar-refractivity contribution in [1.29, 1.82) is 0 Å². The number of rotatable bonds is 5. The summed E-state index contributed by atoms with van der Waals surface area (Å²) in [5, 5.41) is 9.67. The molecule has 0 radical (unpaired) electrons. The van der Waals surface area contributed by atoms with Crippen molar-refractivity contribution in [2.75, 3.05) is 33.4 Å². The fourth-order valence-electron chi connectivity index (χ4n) is 2.61. The zero-order chi connectivity index (χ0) is 13.0. The molecule has 1 saturated heterocycles. The standard InChI is InChI=1S/C13H23N3O2/c1-15(8-12-7-14-11-16(12)2)9-13(10-17)3-5-18-6-4-13/h7,11,17H,3-6,8-10H2,1-2H3. The van der Waals surface area contributed by atoms with E-state index in [9.17, 15) is 5.11 Å². The number of aliphatic hydroxyl groups is 1. The van der Waals surface area contributed by atoms with Crippen LogP contribution < -0.4 is 0 Å². The molecule has 1 N–H and O–H groups in total. The van der Waals surface area contributed by atoms with Crippen molar-refractivity contribution in [3.63, 3.8) is 0 Å². The molecule has 2 heterocycles. The minimum atomic E-state index is 0.00555. The van der Waals surface area contributed by atoms with E-state index in [1.807, 2.05) is 24.1 Å². The zero-order valence-electron chi connectivity index (χ0n) is 11.3. The molecule has 18 heavy (non-hydrogen) atoms. The predicted molar refractivity (Wildman–Crippen MR) is 69.1 cm³/mol. The Morgan fingerprint density at radius 1 is 1.50 bits per heavy atom. The van der Waals surface area contributed by atoms with E-state index in [2.05, 4.69) is 16.9 Å². The maximum atomic E-state index is 9.67. The second-order valence-corrected chi connectivity index (χ2v) is 5.44. The Labute approximate surface area is 108 Å². The maximum Gasteiger partial charge on any atom is 0.0945 e. The minimum absolute atomic E-state index is 0.00555. The molecule has 0 amide bonds. The molecule has 5 heteroatoms. The van der Waals surface area contributed by atoms with E-state index in [4.69, 9.17) is 4.74 Å². The summed E-state index contributed by atoms with van der Waals surface area (Å²) in [6.07, 6.45) is 5.60. The molecule has 1 aliphatic heterocycles. The van der Waals surface area contributed by atoms with Crippen molar-refractivity contribution in [3.8, 4) is 0 Å². The van der Waals surface area contributed by atoms with E-state index < -0.39 is 0 Å². The highest BCUT2D eigenvalue weighted by molar-refractivity contribution is 4.97. The quantitative estimate of drug-likeness (QED) is 0.837. The lowest BCUT2D eigenvalue weighted by Crippen LogP contribution is -2.42. The van der Waals surface area contributed by atoms with Crippen LogP contribution in [0.15, 0.2) is 12.5 Å². The summed E-state index contributed by atoms with van der Waals surface area (Å²) in [6, 6.07) is 0. The van der Waals surface area contributed by atoms with Gasteiger partial charge in [0.05, 0.1) is 18.6 Å². The second kappa shape index (κ2) is 5.82. The number of imidazole rings is 1. The first-order valence-electron chi connectivity index (χ1n) is 6.48. The first-order valence-corrected chi connectivity index (χ1v) is 6.48. The van der Waals surface area contributed by atoms with Crippen LogP contribution in [0.1, 0.15) is 18.5 Å². The van der Waals surface area contributed by atoms with E-state index in [1.165, 1.54) is 5.69 Å². The average Bonchev–Trinajstić information content (AvgIpc) is 2.76. The summed E-state index contributed by atoms with van der Waals surface area (Å²) in [5.41, 5.74) is 1.20. The Bertz CT molecular complexity index is 372. The Morgan fingerprint density at radius 2 is 2.22 bits per heavy atom. The number of aromatic nitrogens is 2. The van der Waals surface area contributed by atoms with Gasteiger partial charge in [0.1, 0.15) is 0 Å². The molecule has 1 aromatic rings. The molecule has 102 valence electrons. The molecule has 0 atom stereocenters. The van der Waals surface area contributed by atoms with E-state index >= 15 is 0 Å². The third kappa shape index (κ3) is 3.10. The lowest BCUT2D eigenvalue weighted by molar-refractivity contribution is -0.0320. The van der Waals surface area contributed by atoms with Gasteiger partial charge in [0.15, 0.2) is 0 Å². The highest BCUT2D eigenvalue weighted by Crippen LogP contribution is 2.30. The van der Waals surface area contributed by atoms with Gasteiger partial charge >= 0.3 is 0 Å². The monoisotopic (exact) mass is 253 g/mol. The largest absolute Gasteiger partial charge is 0.396 e. The van der Waals surface area contributed by atoms with Gasteiger partial charge in [-0.1, -0.05) is 0 Å². The Kier molecular flexibility index (Phi) is 4.37. The highest BCUT2D eigenvalue weighted by atomic mass is 16.5. The van der Waals surface area contributed by atoms with Gasteiger partial charge in [-0.2, -0.15) is 0 Å². The van der Waals surface area contributed by atoms with Crippen LogP contribution in [0.25, 0.3) is 0 Å². The first kappa shape index (κ1) is 13.5. The van der Waals surface area contributed by atoms with Gasteiger partial charge < -0.3 is 14.4 Å². The molecule has 1 fully saturated rings. The molecular formula is C13H23N3O2. The fourth-order valence-corrected chi connectivity index (χ4v) is 2.61. The normalized spacial score (nSPS) is 19.3. The summed E-state index contributed by atoms with van der Waals surface area (Å²) in [7, 11) is 4.10. The van der Waals surface area contributed by atoms with E-state index in [0.29, 0.717) is 0 Å². The Balaban J connectivity index is 1.93. The molecule has 5 nitrogen and oxygen atoms in total. The Morgan fingerprint density at radius 3 is 2.78 bits per heavy atom. The molecule has 0 aromatic carbocycles. The summed E-state index contributed by atoms with van der Waals surface area (Å²) < 4.78 is 7.42. The molecule has 2 rings (SSSR count). The van der Waals surface area contributed by atoms with Crippen LogP contribution in [0.5, 0.6) is 0 Å². The van der Waals surface area contributed by atoms with Crippen LogP contribution in [0.4, 0.5) is 0 Å². The van der Waals surface area contributed by atoms with Gasteiger partial charge in [0.2, 0.25) is 0 Å². The molecule has 0 bridgehead atoms. The molecule has 0 spiro atoms. The van der Waals surface area contributed by atoms with Gasteiger partial charge in [-0.25, -0.2) is 4.98 Å². The summed E-state index contributed by atoms with van der Waals surface area (Å²) >= 11 is 0. The number of aliphatic hydroxyl groups excluding tert-OH is 1. The summed E-state index contributed by atoms with van der Waals surface area (Å²) in [4.78, 5) is 6.39. The number of nitrogens with zero attached hydrogens (tertiary/aromatic N) is 3. The van der Waals surface area contributed by atoms with Gasteiger partial charge in [-0.15, -0.1) is 0 Å². The van der Waals surface area contributed by atoms with Gasteiger partial charge in [-0.05, 0) is 19.9 Å². The molecular weight excluding hydrogens is 230 g/mol. The van der Waals surface area contributed by atoms with E-state index in [1.54, 1.807) is 0 Å². The van der Waals surface area contributed by atoms with E-state index in [0.717, 1.165) is 39.1 Å². The lowest BCUT2D eigenvalue weighted by Gasteiger charge is -2.38. The van der Waals surface area contributed by atoms with E-state index in [-0.39, 0.29) is 12.0 Å². The van der Waals surface area contributed by atoms with Crippen LogP contribution in [0.3, 0.4) is 0 Å². The van der Waals surface area contributed by atoms with Crippen molar-refractivity contribution in [2.45, 2.75) is 19.4 Å². The molecule has 1 aliphatic rings. The van der Waals surface area contributed by atoms with Crippen LogP contribution in [-0.4, -0.2) is 53.0 Å². The smallest absolute Gasteiger partial charge is 0.0945 e. The Hall–Kier alpha value is -0.910. The lowest BCUT2D eigenvalue weighted by atomic mass is 9.80. The van der Waals surface area contributed by atoms with Crippen molar-refractivity contribution < 1.29 is 9.84 Å². The topological polar surface area (TPSA) is 50.5 Å². The van der Waals surface area contributed by atoms with Crippen molar-refractivity contribution in [2.24, 2.45) is 12.5 Å². The van der Waals surface area contributed by atoms with Gasteiger partial charge in [-0.3, -0.25) is 4.90 Å². The van der Waals surface area contributed by atoms with Crippen molar-refractivity contribution in [1.82, 2.24) is 14.5 Å². The van der Waals surface area contributed by atoms with Crippen LogP contribution in [-0.2, 0) is 18.3 Å².